The van der Waals surface area contributed by atoms with Gasteiger partial charge in [-0.25, -0.2) is 4.98 Å². The summed E-state index contributed by atoms with van der Waals surface area (Å²) in [5.41, 5.74) is 8.44. The maximum absolute atomic E-state index is 6.18. The van der Waals surface area contributed by atoms with Gasteiger partial charge in [-0.3, -0.25) is 0 Å². The van der Waals surface area contributed by atoms with Crippen molar-refractivity contribution in [2.45, 2.75) is 45.1 Å². The molecule has 0 radical (unpaired) electrons. The number of para-hydroxylation sites is 2. The Bertz CT molecular complexity index is 501. The molecule has 0 bridgehead atoms. The minimum Gasteiger partial charge on any atom is -0.331 e. The lowest BCUT2D eigenvalue weighted by molar-refractivity contribution is 0.541. The van der Waals surface area contributed by atoms with Crippen molar-refractivity contribution in [1.29, 1.82) is 0 Å². The van der Waals surface area contributed by atoms with Crippen LogP contribution in [0, 0.1) is 0 Å². The summed E-state index contributed by atoms with van der Waals surface area (Å²) in [6.45, 7) is 2.22. The Labute approximate surface area is 109 Å². The summed E-state index contributed by atoms with van der Waals surface area (Å²) in [6.07, 6.45) is 5.71. The van der Waals surface area contributed by atoms with Gasteiger partial charge in [-0.05, 0) is 18.6 Å². The Hall–Kier alpha value is -1.35. The number of unbranched alkanes of at least 4 members (excludes halogenated alkanes) is 2. The summed E-state index contributed by atoms with van der Waals surface area (Å²) in [4.78, 5) is 4.66. The van der Waals surface area contributed by atoms with Gasteiger partial charge in [0.1, 0.15) is 5.82 Å². The molecule has 0 saturated heterocycles. The first-order valence-electron chi connectivity index (χ1n) is 6.88. The van der Waals surface area contributed by atoms with E-state index in [1.807, 2.05) is 6.07 Å². The van der Waals surface area contributed by atoms with Gasteiger partial charge in [0.05, 0.1) is 11.0 Å². The van der Waals surface area contributed by atoms with E-state index in [1.54, 1.807) is 0 Å². The van der Waals surface area contributed by atoms with Crippen LogP contribution in [0.3, 0.4) is 0 Å². The molecule has 2 N–H and O–H groups in total. The van der Waals surface area contributed by atoms with E-state index in [2.05, 4.69) is 41.7 Å². The SMILES string of the molecule is CCCCCC(N)Cc1nc2ccccc2n1C. The maximum atomic E-state index is 6.18. The van der Waals surface area contributed by atoms with Crippen LogP contribution in [0.1, 0.15) is 38.4 Å². The highest BCUT2D eigenvalue weighted by molar-refractivity contribution is 5.75. The topological polar surface area (TPSA) is 43.8 Å². The molecule has 1 unspecified atom stereocenters. The Kier molecular flexibility index (Phi) is 4.37. The molecule has 98 valence electrons. The van der Waals surface area contributed by atoms with Crippen molar-refractivity contribution in [2.75, 3.05) is 0 Å². The van der Waals surface area contributed by atoms with Crippen molar-refractivity contribution >= 4 is 11.0 Å². The van der Waals surface area contributed by atoms with Crippen molar-refractivity contribution in [2.24, 2.45) is 12.8 Å². The highest BCUT2D eigenvalue weighted by Crippen LogP contribution is 2.16. The molecule has 1 atom stereocenters. The van der Waals surface area contributed by atoms with E-state index in [-0.39, 0.29) is 6.04 Å². The molecule has 2 rings (SSSR count). The number of nitrogens with zero attached hydrogens (tertiary/aromatic N) is 2. The first kappa shape index (κ1) is 13.1. The average Bonchev–Trinajstić information content (AvgIpc) is 2.67. The second-order valence-electron chi connectivity index (χ2n) is 5.04. The van der Waals surface area contributed by atoms with Crippen molar-refractivity contribution in [1.82, 2.24) is 9.55 Å². The Morgan fingerprint density at radius 2 is 2.06 bits per heavy atom. The van der Waals surface area contributed by atoms with Gasteiger partial charge >= 0.3 is 0 Å². The van der Waals surface area contributed by atoms with Crippen molar-refractivity contribution < 1.29 is 0 Å². The Balaban J connectivity index is 2.05. The molecule has 0 aliphatic carbocycles. The molecular weight excluding hydrogens is 222 g/mol. The lowest BCUT2D eigenvalue weighted by Gasteiger charge is -2.10. The van der Waals surface area contributed by atoms with Gasteiger partial charge in [0.25, 0.3) is 0 Å². The summed E-state index contributed by atoms with van der Waals surface area (Å²) >= 11 is 0. The van der Waals surface area contributed by atoms with Crippen LogP contribution in [0.15, 0.2) is 24.3 Å². The minimum absolute atomic E-state index is 0.229. The third kappa shape index (κ3) is 2.91. The molecule has 3 heteroatoms. The van der Waals surface area contributed by atoms with Gasteiger partial charge in [0.2, 0.25) is 0 Å². The van der Waals surface area contributed by atoms with Crippen molar-refractivity contribution in [3.05, 3.63) is 30.1 Å². The van der Waals surface area contributed by atoms with Crippen LogP contribution in [0.2, 0.25) is 0 Å². The van der Waals surface area contributed by atoms with E-state index >= 15 is 0 Å². The predicted octanol–water partition coefficient (Wildman–Crippen LogP) is 3.02. The number of aryl methyl sites for hydroxylation is 1. The number of benzene rings is 1. The van der Waals surface area contributed by atoms with Gasteiger partial charge in [-0.2, -0.15) is 0 Å². The number of fused-ring (bicyclic) bond motifs is 1. The summed E-state index contributed by atoms with van der Waals surface area (Å²) in [5, 5.41) is 0. The summed E-state index contributed by atoms with van der Waals surface area (Å²) in [7, 11) is 2.07. The number of imidazole rings is 1. The van der Waals surface area contributed by atoms with Crippen LogP contribution < -0.4 is 5.73 Å². The number of hydrogen-bond acceptors (Lipinski definition) is 2. The number of hydrogen-bond donors (Lipinski definition) is 1. The van der Waals surface area contributed by atoms with Gasteiger partial charge in [0.15, 0.2) is 0 Å². The monoisotopic (exact) mass is 245 g/mol. The molecule has 0 amide bonds. The normalized spacial score (nSPS) is 13.1. The molecule has 2 aromatic rings. The molecule has 0 aliphatic rings. The largest absolute Gasteiger partial charge is 0.331 e. The van der Waals surface area contributed by atoms with Crippen LogP contribution in [0.5, 0.6) is 0 Å². The zero-order chi connectivity index (χ0) is 13.0. The fourth-order valence-corrected chi connectivity index (χ4v) is 2.37. The maximum Gasteiger partial charge on any atom is 0.111 e. The van der Waals surface area contributed by atoms with Gasteiger partial charge < -0.3 is 10.3 Å². The molecular formula is C15H23N3. The van der Waals surface area contributed by atoms with Crippen LogP contribution in [-0.4, -0.2) is 15.6 Å². The smallest absolute Gasteiger partial charge is 0.111 e. The first-order valence-corrected chi connectivity index (χ1v) is 6.88. The highest BCUT2D eigenvalue weighted by Gasteiger charge is 2.11. The first-order chi connectivity index (χ1) is 8.72. The molecule has 0 fully saturated rings. The molecule has 1 heterocycles. The van der Waals surface area contributed by atoms with E-state index in [0.29, 0.717) is 0 Å². The number of nitrogens with two attached hydrogens (primary N) is 1. The van der Waals surface area contributed by atoms with Crippen molar-refractivity contribution in [3.8, 4) is 0 Å². The molecule has 18 heavy (non-hydrogen) atoms. The zero-order valence-electron chi connectivity index (χ0n) is 11.4. The molecule has 0 saturated carbocycles. The van der Waals surface area contributed by atoms with E-state index in [1.165, 1.54) is 24.8 Å². The standard InChI is InChI=1S/C15H23N3/c1-3-4-5-8-12(16)11-15-17-13-9-6-7-10-14(13)18(15)2/h6-7,9-10,12H,3-5,8,11,16H2,1-2H3. The third-order valence-corrected chi connectivity index (χ3v) is 3.50. The van der Waals surface area contributed by atoms with Crippen LogP contribution in [0.25, 0.3) is 11.0 Å². The van der Waals surface area contributed by atoms with Crippen LogP contribution >= 0.6 is 0 Å². The Morgan fingerprint density at radius 1 is 1.28 bits per heavy atom. The van der Waals surface area contributed by atoms with E-state index in [9.17, 15) is 0 Å². The molecule has 0 spiro atoms. The fourth-order valence-electron chi connectivity index (χ4n) is 2.37. The number of aromatic nitrogens is 2. The summed E-state index contributed by atoms with van der Waals surface area (Å²) in [5.74, 6) is 1.10. The second-order valence-corrected chi connectivity index (χ2v) is 5.04. The molecule has 3 nitrogen and oxygen atoms in total. The Morgan fingerprint density at radius 3 is 2.78 bits per heavy atom. The number of rotatable bonds is 6. The average molecular weight is 245 g/mol. The van der Waals surface area contributed by atoms with Crippen LogP contribution in [-0.2, 0) is 13.5 Å². The van der Waals surface area contributed by atoms with E-state index < -0.39 is 0 Å². The van der Waals surface area contributed by atoms with Gasteiger partial charge in [-0.1, -0.05) is 38.3 Å². The van der Waals surface area contributed by atoms with Crippen molar-refractivity contribution in [3.63, 3.8) is 0 Å². The third-order valence-electron chi connectivity index (χ3n) is 3.50. The molecule has 1 aromatic heterocycles. The van der Waals surface area contributed by atoms with E-state index in [4.69, 9.17) is 5.73 Å². The minimum atomic E-state index is 0.229. The molecule has 1 aromatic carbocycles. The lowest BCUT2D eigenvalue weighted by atomic mass is 10.1. The van der Waals surface area contributed by atoms with Gasteiger partial charge in [-0.15, -0.1) is 0 Å². The predicted molar refractivity (Wildman–Crippen MR) is 76.5 cm³/mol. The summed E-state index contributed by atoms with van der Waals surface area (Å²) in [6, 6.07) is 8.47. The lowest BCUT2D eigenvalue weighted by Crippen LogP contribution is -2.24. The molecule has 0 aliphatic heterocycles. The second kappa shape index (κ2) is 6.01. The zero-order valence-corrected chi connectivity index (χ0v) is 11.4. The van der Waals surface area contributed by atoms with Crippen LogP contribution in [0.4, 0.5) is 0 Å². The highest BCUT2D eigenvalue weighted by atomic mass is 15.1. The summed E-state index contributed by atoms with van der Waals surface area (Å²) < 4.78 is 2.16. The van der Waals surface area contributed by atoms with E-state index in [0.717, 1.165) is 24.2 Å². The quantitative estimate of drug-likeness (QED) is 0.795. The van der Waals surface area contributed by atoms with Gasteiger partial charge in [0, 0.05) is 19.5 Å². The fraction of sp³-hybridized carbons (Fsp3) is 0.533.